The number of benzene rings is 3. The maximum Gasteiger partial charge on any atom is 0.264 e. The van der Waals surface area contributed by atoms with Crippen molar-refractivity contribution in [3.8, 4) is 0 Å². The molecule has 0 radical (unpaired) electrons. The van der Waals surface area contributed by atoms with E-state index in [2.05, 4.69) is 27.9 Å². The zero-order valence-corrected chi connectivity index (χ0v) is 24.4. The van der Waals surface area contributed by atoms with Crippen molar-refractivity contribution in [1.29, 1.82) is 0 Å². The fourth-order valence-electron chi connectivity index (χ4n) is 3.71. The van der Waals surface area contributed by atoms with Crippen molar-refractivity contribution in [2.24, 2.45) is 0 Å². The van der Waals surface area contributed by atoms with Crippen LogP contribution in [0.3, 0.4) is 0 Å². The van der Waals surface area contributed by atoms with E-state index >= 15 is 0 Å². The SMILES string of the molecule is CC[C@H](C)NC(=O)[C@H](C)N(Cc1ccccc1F)C(=O)CN(c1ccc(I)cc1)S(=O)(=O)c1ccccc1. The number of rotatable bonds is 11. The van der Waals surface area contributed by atoms with Crippen LogP contribution in [0.15, 0.2) is 83.8 Å². The second-order valence-electron chi connectivity index (χ2n) is 8.91. The van der Waals surface area contributed by atoms with Gasteiger partial charge in [0.2, 0.25) is 11.8 Å². The van der Waals surface area contributed by atoms with Crippen molar-refractivity contribution < 1.29 is 22.4 Å². The minimum atomic E-state index is -4.14. The van der Waals surface area contributed by atoms with Crippen molar-refractivity contribution in [3.05, 3.63) is 93.8 Å². The maximum absolute atomic E-state index is 14.6. The summed E-state index contributed by atoms with van der Waals surface area (Å²) in [6.45, 7) is 4.54. The van der Waals surface area contributed by atoms with E-state index < -0.39 is 40.2 Å². The summed E-state index contributed by atoms with van der Waals surface area (Å²) in [7, 11) is -4.14. The normalized spacial score (nSPS) is 12.9. The van der Waals surface area contributed by atoms with E-state index in [1.807, 2.05) is 13.8 Å². The standard InChI is InChI=1S/C28H31FIN3O4S/c1-4-20(2)31-28(35)21(3)32(18-22-10-8-9-13-26(22)29)27(34)19-33(24-16-14-23(30)15-17-24)38(36,37)25-11-6-5-7-12-25/h5-17,20-21H,4,18-19H2,1-3H3,(H,31,35)/t20-,21-/m0/s1. The predicted octanol–water partition coefficient (Wildman–Crippen LogP) is 4.96. The molecule has 0 aromatic heterocycles. The van der Waals surface area contributed by atoms with Crippen molar-refractivity contribution in [2.45, 2.75) is 50.7 Å². The van der Waals surface area contributed by atoms with E-state index in [4.69, 9.17) is 0 Å². The number of nitrogens with zero attached hydrogens (tertiary/aromatic N) is 2. The molecule has 0 fully saturated rings. The van der Waals surface area contributed by atoms with Gasteiger partial charge in [0.25, 0.3) is 10.0 Å². The Bertz CT molecular complexity index is 1350. The lowest BCUT2D eigenvalue weighted by atomic mass is 10.1. The van der Waals surface area contributed by atoms with Crippen LogP contribution in [0.25, 0.3) is 0 Å². The molecular weight excluding hydrogens is 620 g/mol. The van der Waals surface area contributed by atoms with Crippen LogP contribution in [0.5, 0.6) is 0 Å². The summed E-state index contributed by atoms with van der Waals surface area (Å²) in [5.41, 5.74) is 0.515. The lowest BCUT2D eigenvalue weighted by Gasteiger charge is -2.32. The third kappa shape index (κ3) is 7.31. The molecule has 0 saturated carbocycles. The zero-order chi connectivity index (χ0) is 27.9. The molecule has 0 heterocycles. The molecule has 3 aromatic carbocycles. The Hall–Kier alpha value is -2.99. The average molecular weight is 652 g/mol. The number of carbonyl (C=O) groups is 2. The Morgan fingerprint density at radius 3 is 2.16 bits per heavy atom. The van der Waals surface area contributed by atoms with Crippen LogP contribution in [0.4, 0.5) is 10.1 Å². The highest BCUT2D eigenvalue weighted by Gasteiger charge is 2.33. The molecule has 0 aliphatic carbocycles. The van der Waals surface area contributed by atoms with Gasteiger partial charge in [0, 0.05) is 21.7 Å². The number of carbonyl (C=O) groups excluding carboxylic acids is 2. The summed E-state index contributed by atoms with van der Waals surface area (Å²) >= 11 is 2.11. The molecule has 38 heavy (non-hydrogen) atoms. The molecule has 0 bridgehead atoms. The first-order chi connectivity index (χ1) is 18.0. The fraction of sp³-hybridized carbons (Fsp3) is 0.286. The average Bonchev–Trinajstić information content (AvgIpc) is 2.91. The molecule has 3 aromatic rings. The van der Waals surface area contributed by atoms with Gasteiger partial charge >= 0.3 is 0 Å². The van der Waals surface area contributed by atoms with E-state index in [-0.39, 0.29) is 23.0 Å². The Morgan fingerprint density at radius 1 is 0.947 bits per heavy atom. The molecule has 10 heteroatoms. The number of amides is 2. The Labute approximate surface area is 237 Å². The van der Waals surface area contributed by atoms with Gasteiger partial charge in [0.05, 0.1) is 10.6 Å². The van der Waals surface area contributed by atoms with Crippen LogP contribution < -0.4 is 9.62 Å². The highest BCUT2D eigenvalue weighted by atomic mass is 127. The van der Waals surface area contributed by atoms with E-state index in [1.54, 1.807) is 55.5 Å². The molecule has 0 saturated heterocycles. The number of anilines is 1. The molecule has 1 N–H and O–H groups in total. The van der Waals surface area contributed by atoms with Gasteiger partial charge in [-0.2, -0.15) is 0 Å². The molecule has 0 aliphatic heterocycles. The van der Waals surface area contributed by atoms with Crippen LogP contribution in [0.1, 0.15) is 32.8 Å². The van der Waals surface area contributed by atoms with Gasteiger partial charge < -0.3 is 10.2 Å². The van der Waals surface area contributed by atoms with Crippen LogP contribution in [0, 0.1) is 9.39 Å². The van der Waals surface area contributed by atoms with Crippen molar-refractivity contribution in [2.75, 3.05) is 10.8 Å². The summed E-state index contributed by atoms with van der Waals surface area (Å²) < 4.78 is 43.9. The largest absolute Gasteiger partial charge is 0.352 e. The van der Waals surface area contributed by atoms with Crippen LogP contribution >= 0.6 is 22.6 Å². The van der Waals surface area contributed by atoms with E-state index in [0.29, 0.717) is 12.1 Å². The molecule has 2 atom stereocenters. The minimum Gasteiger partial charge on any atom is -0.352 e. The zero-order valence-electron chi connectivity index (χ0n) is 21.5. The van der Waals surface area contributed by atoms with Crippen molar-refractivity contribution >= 4 is 50.1 Å². The van der Waals surface area contributed by atoms with Crippen molar-refractivity contribution in [3.63, 3.8) is 0 Å². The molecule has 0 unspecified atom stereocenters. The first kappa shape index (κ1) is 29.6. The monoisotopic (exact) mass is 651 g/mol. The number of hydrogen-bond acceptors (Lipinski definition) is 4. The predicted molar refractivity (Wildman–Crippen MR) is 154 cm³/mol. The lowest BCUT2D eigenvalue weighted by molar-refractivity contribution is -0.139. The highest BCUT2D eigenvalue weighted by molar-refractivity contribution is 14.1. The third-order valence-electron chi connectivity index (χ3n) is 6.19. The van der Waals surface area contributed by atoms with Gasteiger partial charge in [-0.15, -0.1) is 0 Å². The summed E-state index contributed by atoms with van der Waals surface area (Å²) in [5.74, 6) is -1.57. The number of halogens is 2. The van der Waals surface area contributed by atoms with Gasteiger partial charge in [0.1, 0.15) is 18.4 Å². The number of hydrogen-bond donors (Lipinski definition) is 1. The van der Waals surface area contributed by atoms with Gasteiger partial charge in [-0.3, -0.25) is 13.9 Å². The van der Waals surface area contributed by atoms with E-state index in [0.717, 1.165) is 7.88 Å². The number of sulfonamides is 1. The van der Waals surface area contributed by atoms with E-state index in [9.17, 15) is 22.4 Å². The van der Waals surface area contributed by atoms with Crippen LogP contribution in [-0.4, -0.2) is 43.8 Å². The fourth-order valence-corrected chi connectivity index (χ4v) is 5.51. The molecule has 0 spiro atoms. The molecular formula is C28H31FIN3O4S. The molecule has 7 nitrogen and oxygen atoms in total. The lowest BCUT2D eigenvalue weighted by Crippen LogP contribution is -2.52. The van der Waals surface area contributed by atoms with Crippen molar-refractivity contribution in [1.82, 2.24) is 10.2 Å². The first-order valence-corrected chi connectivity index (χ1v) is 14.7. The third-order valence-corrected chi connectivity index (χ3v) is 8.70. The topological polar surface area (TPSA) is 86.8 Å². The molecule has 2 amide bonds. The minimum absolute atomic E-state index is 0.0227. The summed E-state index contributed by atoms with van der Waals surface area (Å²) in [5, 5.41) is 2.85. The Morgan fingerprint density at radius 2 is 1.55 bits per heavy atom. The summed E-state index contributed by atoms with van der Waals surface area (Å²) in [6.07, 6.45) is 0.690. The van der Waals surface area contributed by atoms with Crippen LogP contribution in [0.2, 0.25) is 0 Å². The summed E-state index contributed by atoms with van der Waals surface area (Å²) in [6, 6.07) is 19.4. The highest BCUT2D eigenvalue weighted by Crippen LogP contribution is 2.25. The maximum atomic E-state index is 14.6. The van der Waals surface area contributed by atoms with Crippen LogP contribution in [-0.2, 0) is 26.2 Å². The van der Waals surface area contributed by atoms with Gasteiger partial charge in [-0.05, 0) is 85.3 Å². The Kier molecular flexibility index (Phi) is 10.3. The molecule has 0 aliphatic rings. The molecule has 202 valence electrons. The smallest absolute Gasteiger partial charge is 0.264 e. The molecule has 3 rings (SSSR count). The second-order valence-corrected chi connectivity index (χ2v) is 12.0. The first-order valence-electron chi connectivity index (χ1n) is 12.2. The van der Waals surface area contributed by atoms with Gasteiger partial charge in [-0.25, -0.2) is 12.8 Å². The van der Waals surface area contributed by atoms with Gasteiger partial charge in [-0.1, -0.05) is 43.3 Å². The number of nitrogens with one attached hydrogen (secondary N) is 1. The summed E-state index contributed by atoms with van der Waals surface area (Å²) in [4.78, 5) is 28.1. The van der Waals surface area contributed by atoms with Gasteiger partial charge in [0.15, 0.2) is 0 Å². The second kappa shape index (κ2) is 13.2. The quantitative estimate of drug-likeness (QED) is 0.297. The van der Waals surface area contributed by atoms with E-state index in [1.165, 1.54) is 35.2 Å². The Balaban J connectivity index is 2.02.